The third kappa shape index (κ3) is 5.53. The van der Waals surface area contributed by atoms with Crippen molar-refractivity contribution in [3.63, 3.8) is 0 Å². The van der Waals surface area contributed by atoms with Crippen LogP contribution in [0.3, 0.4) is 0 Å². The van der Waals surface area contributed by atoms with Crippen LogP contribution < -0.4 is 4.74 Å². The van der Waals surface area contributed by atoms with Crippen LogP contribution in [0.4, 0.5) is 0 Å². The number of benzene rings is 3. The second kappa shape index (κ2) is 11.0. The Kier molecular flexibility index (Phi) is 7.16. The van der Waals surface area contributed by atoms with Gasteiger partial charge in [0.1, 0.15) is 18.1 Å². The summed E-state index contributed by atoms with van der Waals surface area (Å²) in [6, 6.07) is 27.8. The highest BCUT2D eigenvalue weighted by Crippen LogP contribution is 2.41. The minimum Gasteiger partial charge on any atom is -0.486 e. The summed E-state index contributed by atoms with van der Waals surface area (Å²) in [6.07, 6.45) is 2.81. The number of carbonyl (C=O) groups excluding carboxylic acids is 2. The Bertz CT molecular complexity index is 1520. The average Bonchev–Trinajstić information content (AvgIpc) is 3.72. The van der Waals surface area contributed by atoms with Crippen LogP contribution in [0.1, 0.15) is 63.0 Å². The van der Waals surface area contributed by atoms with Crippen molar-refractivity contribution >= 4 is 11.8 Å². The smallest absolute Gasteiger partial charge is 0.289 e. The van der Waals surface area contributed by atoms with Gasteiger partial charge in [-0.1, -0.05) is 66.2 Å². The number of aryl methyl sites for hydroxylation is 1. The van der Waals surface area contributed by atoms with Crippen molar-refractivity contribution in [3.05, 3.63) is 124 Å². The van der Waals surface area contributed by atoms with Gasteiger partial charge in [-0.05, 0) is 72.7 Å². The first-order chi connectivity index (χ1) is 19.5. The minimum absolute atomic E-state index is 0.131. The summed E-state index contributed by atoms with van der Waals surface area (Å²) in [5, 5.41) is 0. The van der Waals surface area contributed by atoms with Gasteiger partial charge in [-0.25, -0.2) is 0 Å². The van der Waals surface area contributed by atoms with E-state index in [1.807, 2.05) is 36.4 Å². The van der Waals surface area contributed by atoms with E-state index in [-0.39, 0.29) is 36.1 Å². The van der Waals surface area contributed by atoms with Crippen LogP contribution in [-0.4, -0.2) is 35.2 Å². The van der Waals surface area contributed by atoms with E-state index in [0.29, 0.717) is 18.1 Å². The van der Waals surface area contributed by atoms with Gasteiger partial charge in [0.15, 0.2) is 5.76 Å². The molecule has 2 heterocycles. The molecule has 1 saturated carbocycles. The second-order valence-electron chi connectivity index (χ2n) is 10.9. The normalized spacial score (nSPS) is 16.4. The molecule has 6 nitrogen and oxygen atoms in total. The van der Waals surface area contributed by atoms with Gasteiger partial charge in [-0.15, -0.1) is 0 Å². The van der Waals surface area contributed by atoms with E-state index in [0.717, 1.165) is 42.5 Å². The van der Waals surface area contributed by atoms with E-state index in [4.69, 9.17) is 9.15 Å². The molecule has 1 atom stereocenters. The fourth-order valence-electron chi connectivity index (χ4n) is 5.53. The summed E-state index contributed by atoms with van der Waals surface area (Å²) in [6.45, 7) is 3.52. The zero-order valence-electron chi connectivity index (χ0n) is 23.0. The van der Waals surface area contributed by atoms with E-state index in [9.17, 15) is 9.59 Å². The summed E-state index contributed by atoms with van der Waals surface area (Å²) in [4.78, 5) is 29.9. The highest BCUT2D eigenvalue weighted by atomic mass is 16.5. The van der Waals surface area contributed by atoms with Gasteiger partial charge < -0.3 is 19.0 Å². The number of furan rings is 1. The number of hydrogen-bond donors (Lipinski definition) is 0. The molecule has 0 N–H and O–H groups in total. The Labute approximate surface area is 235 Å². The Balaban J connectivity index is 1.18. The molecule has 0 spiro atoms. The zero-order chi connectivity index (χ0) is 27.6. The Morgan fingerprint density at radius 1 is 0.975 bits per heavy atom. The first-order valence-corrected chi connectivity index (χ1v) is 14.0. The molecule has 4 aromatic rings. The molecule has 2 amide bonds. The molecule has 3 aromatic carbocycles. The number of hydrogen-bond acceptors (Lipinski definition) is 4. The third-order valence-corrected chi connectivity index (χ3v) is 7.78. The molecule has 1 fully saturated rings. The molecule has 40 heavy (non-hydrogen) atoms. The van der Waals surface area contributed by atoms with Crippen molar-refractivity contribution in [2.75, 3.05) is 13.6 Å². The Hall–Kier alpha value is -4.32. The van der Waals surface area contributed by atoms with Crippen molar-refractivity contribution in [1.82, 2.24) is 9.80 Å². The van der Waals surface area contributed by atoms with Gasteiger partial charge in [-0.3, -0.25) is 9.59 Å². The van der Waals surface area contributed by atoms with Crippen LogP contribution >= 0.6 is 0 Å². The molecule has 6 rings (SSSR count). The number of ether oxygens (including phenoxy) is 1. The van der Waals surface area contributed by atoms with Crippen LogP contribution in [0.2, 0.25) is 0 Å². The van der Waals surface area contributed by atoms with Crippen LogP contribution in [0.25, 0.3) is 0 Å². The first kappa shape index (κ1) is 25.9. The van der Waals surface area contributed by atoms with Gasteiger partial charge in [0.05, 0.1) is 6.04 Å². The fourth-order valence-corrected chi connectivity index (χ4v) is 5.53. The topological polar surface area (TPSA) is 63.0 Å². The number of carbonyl (C=O) groups is 2. The van der Waals surface area contributed by atoms with Gasteiger partial charge in [-0.2, -0.15) is 0 Å². The highest BCUT2D eigenvalue weighted by Gasteiger charge is 2.39. The number of nitrogens with zero attached hydrogens (tertiary/aromatic N) is 2. The maximum atomic E-state index is 13.3. The molecule has 0 saturated heterocycles. The number of amides is 2. The van der Waals surface area contributed by atoms with E-state index < -0.39 is 0 Å². The minimum atomic E-state index is -0.176. The zero-order valence-corrected chi connectivity index (χ0v) is 23.0. The lowest BCUT2D eigenvalue weighted by atomic mass is 9.87. The molecule has 1 aliphatic heterocycles. The van der Waals surface area contributed by atoms with E-state index in [2.05, 4.69) is 48.2 Å². The van der Waals surface area contributed by atoms with Crippen molar-refractivity contribution < 1.29 is 18.7 Å². The van der Waals surface area contributed by atoms with Crippen molar-refractivity contribution in [2.24, 2.45) is 5.92 Å². The largest absolute Gasteiger partial charge is 0.486 e. The summed E-state index contributed by atoms with van der Waals surface area (Å²) in [7, 11) is 1.77. The molecule has 204 valence electrons. The summed E-state index contributed by atoms with van der Waals surface area (Å²) >= 11 is 0. The molecule has 1 unspecified atom stereocenters. The van der Waals surface area contributed by atoms with Gasteiger partial charge >= 0.3 is 0 Å². The maximum absolute atomic E-state index is 13.3. The lowest BCUT2D eigenvalue weighted by Crippen LogP contribution is -2.41. The maximum Gasteiger partial charge on any atom is 0.289 e. The Morgan fingerprint density at radius 2 is 1.80 bits per heavy atom. The third-order valence-electron chi connectivity index (χ3n) is 7.78. The SMILES string of the molecule is Cc1cccc(C2c3cc(OCc4ccc(C(=O)N(C)Cc5ccccc5)o4)ccc3CCN2C(=O)C2CC2)c1. The fraction of sp³-hybridized carbons (Fsp3) is 0.294. The van der Waals surface area contributed by atoms with Crippen molar-refractivity contribution in [3.8, 4) is 5.75 Å². The molecule has 1 aromatic heterocycles. The summed E-state index contributed by atoms with van der Waals surface area (Å²) < 4.78 is 12.0. The monoisotopic (exact) mass is 534 g/mol. The van der Waals surface area contributed by atoms with Crippen LogP contribution in [-0.2, 0) is 24.4 Å². The van der Waals surface area contributed by atoms with Gasteiger partial charge in [0.2, 0.25) is 5.91 Å². The van der Waals surface area contributed by atoms with Gasteiger partial charge in [0.25, 0.3) is 5.91 Å². The predicted octanol–water partition coefficient (Wildman–Crippen LogP) is 6.32. The number of fused-ring (bicyclic) bond motifs is 1. The van der Waals surface area contributed by atoms with Crippen LogP contribution in [0, 0.1) is 12.8 Å². The second-order valence-corrected chi connectivity index (χ2v) is 10.9. The molecular formula is C34H34N2O4. The lowest BCUT2D eigenvalue weighted by Gasteiger charge is -2.38. The standard InChI is InChI=1S/C34H34N2O4/c1-23-7-6-10-27(19-23)32-30-20-28(14-13-25(30)17-18-36(32)33(37)26-11-12-26)39-22-29-15-16-31(40-29)34(38)35(2)21-24-8-4-3-5-9-24/h3-10,13-16,19-20,26,32H,11-12,17-18,21-22H2,1-2H3. The average molecular weight is 535 g/mol. The molecule has 0 bridgehead atoms. The molecule has 6 heteroatoms. The molecule has 2 aliphatic rings. The predicted molar refractivity (Wildman–Crippen MR) is 153 cm³/mol. The Morgan fingerprint density at radius 3 is 2.58 bits per heavy atom. The van der Waals surface area contributed by atoms with Crippen molar-refractivity contribution in [2.45, 2.75) is 45.4 Å². The van der Waals surface area contributed by atoms with Gasteiger partial charge in [0, 0.05) is 26.1 Å². The lowest BCUT2D eigenvalue weighted by molar-refractivity contribution is -0.134. The van der Waals surface area contributed by atoms with E-state index in [1.165, 1.54) is 11.1 Å². The summed E-state index contributed by atoms with van der Waals surface area (Å²) in [5.41, 5.74) is 5.71. The quantitative estimate of drug-likeness (QED) is 0.265. The summed E-state index contributed by atoms with van der Waals surface area (Å²) in [5.74, 6) is 1.82. The van der Waals surface area contributed by atoms with Crippen LogP contribution in [0.15, 0.2) is 89.3 Å². The first-order valence-electron chi connectivity index (χ1n) is 14.0. The van der Waals surface area contributed by atoms with E-state index in [1.54, 1.807) is 24.1 Å². The molecule has 0 radical (unpaired) electrons. The van der Waals surface area contributed by atoms with Crippen LogP contribution in [0.5, 0.6) is 5.75 Å². The highest BCUT2D eigenvalue weighted by molar-refractivity contribution is 5.91. The van der Waals surface area contributed by atoms with E-state index >= 15 is 0 Å². The molecular weight excluding hydrogens is 500 g/mol. The number of rotatable bonds is 8. The van der Waals surface area contributed by atoms with Crippen molar-refractivity contribution in [1.29, 1.82) is 0 Å². The molecule has 1 aliphatic carbocycles.